The molecule has 0 fully saturated rings. The highest BCUT2D eigenvalue weighted by Gasteiger charge is 2.38. The van der Waals surface area contributed by atoms with Crippen LogP contribution in [0.5, 0.6) is 11.5 Å². The molecule has 1 aliphatic rings. The second-order valence-electron chi connectivity index (χ2n) is 7.52. The van der Waals surface area contributed by atoms with Crippen LogP contribution in [0.3, 0.4) is 0 Å². The number of ether oxygens (including phenoxy) is 3. The molecular formula is C26H32N2O5. The molecule has 176 valence electrons. The van der Waals surface area contributed by atoms with Gasteiger partial charge in [-0.25, -0.2) is 0 Å². The van der Waals surface area contributed by atoms with Crippen molar-refractivity contribution in [2.45, 2.75) is 33.6 Å². The summed E-state index contributed by atoms with van der Waals surface area (Å²) in [6, 6.07) is 14.6. The van der Waals surface area contributed by atoms with E-state index in [1.165, 1.54) is 4.90 Å². The molecule has 2 aromatic carbocycles. The smallest absolute Gasteiger partial charge is 0.278 e. The number of carbonyl (C=O) groups excluding carboxylic acids is 2. The molecule has 7 heteroatoms. The zero-order valence-corrected chi connectivity index (χ0v) is 19.6. The molecule has 0 bridgehead atoms. The Kier molecular flexibility index (Phi) is 8.89. The molecule has 0 radical (unpaired) electrons. The first-order chi connectivity index (χ1) is 16.1. The standard InChI is InChI=1S/C26H32N2O5/c1-4-16-33-22-10-7-9-20(18-22)27-24-23(19-11-13-21(14-12-19)32-6-3)25(29)28(26(24)30)15-8-17-31-5-2/h7,9-14,18,27H,4-6,8,15-17H2,1-3H3. The zero-order valence-electron chi connectivity index (χ0n) is 19.6. The molecule has 0 saturated heterocycles. The number of hydrogen-bond donors (Lipinski definition) is 1. The first-order valence-corrected chi connectivity index (χ1v) is 11.5. The van der Waals surface area contributed by atoms with Crippen molar-refractivity contribution in [1.29, 1.82) is 0 Å². The van der Waals surface area contributed by atoms with Gasteiger partial charge in [0.2, 0.25) is 0 Å². The molecule has 1 heterocycles. The average molecular weight is 453 g/mol. The predicted octanol–water partition coefficient (Wildman–Crippen LogP) is 4.49. The molecule has 0 spiro atoms. The topological polar surface area (TPSA) is 77.1 Å². The molecule has 3 rings (SSSR count). The van der Waals surface area contributed by atoms with Gasteiger partial charge < -0.3 is 19.5 Å². The van der Waals surface area contributed by atoms with Crippen LogP contribution in [0.2, 0.25) is 0 Å². The Morgan fingerprint density at radius 3 is 2.33 bits per heavy atom. The Hall–Kier alpha value is -3.32. The van der Waals surface area contributed by atoms with E-state index in [1.54, 1.807) is 24.3 Å². The van der Waals surface area contributed by atoms with Crippen molar-refractivity contribution in [3.63, 3.8) is 0 Å². The molecule has 0 unspecified atom stereocenters. The van der Waals surface area contributed by atoms with Crippen molar-refractivity contribution in [2.24, 2.45) is 0 Å². The fourth-order valence-corrected chi connectivity index (χ4v) is 3.54. The summed E-state index contributed by atoms with van der Waals surface area (Å²) in [6.07, 6.45) is 1.48. The van der Waals surface area contributed by atoms with Gasteiger partial charge in [0, 0.05) is 31.5 Å². The summed E-state index contributed by atoms with van der Waals surface area (Å²) in [5.41, 5.74) is 1.94. The summed E-state index contributed by atoms with van der Waals surface area (Å²) in [7, 11) is 0. The van der Waals surface area contributed by atoms with Crippen LogP contribution in [0, 0.1) is 0 Å². The van der Waals surface area contributed by atoms with Crippen LogP contribution in [0.15, 0.2) is 54.2 Å². The first kappa shape index (κ1) is 24.3. The van der Waals surface area contributed by atoms with E-state index in [2.05, 4.69) is 5.32 Å². The third kappa shape index (κ3) is 6.14. The van der Waals surface area contributed by atoms with E-state index in [-0.39, 0.29) is 17.5 Å². The van der Waals surface area contributed by atoms with Gasteiger partial charge in [0.1, 0.15) is 17.2 Å². The predicted molar refractivity (Wildman–Crippen MR) is 128 cm³/mol. The molecule has 33 heavy (non-hydrogen) atoms. The van der Waals surface area contributed by atoms with E-state index in [4.69, 9.17) is 14.2 Å². The quantitative estimate of drug-likeness (QED) is 0.356. The number of hydrogen-bond acceptors (Lipinski definition) is 6. The molecule has 0 saturated carbocycles. The summed E-state index contributed by atoms with van der Waals surface area (Å²) in [5.74, 6) is 0.750. The Labute approximate surface area is 195 Å². The SMILES string of the molecule is CCCOc1cccc(NC2=C(c3ccc(OCC)cc3)C(=O)N(CCCOCC)C2=O)c1. The third-order valence-electron chi connectivity index (χ3n) is 5.07. The summed E-state index contributed by atoms with van der Waals surface area (Å²) in [6.45, 7) is 8.41. The van der Waals surface area contributed by atoms with E-state index in [1.807, 2.05) is 45.0 Å². The lowest BCUT2D eigenvalue weighted by atomic mass is 10.0. The largest absolute Gasteiger partial charge is 0.494 e. The summed E-state index contributed by atoms with van der Waals surface area (Å²) < 4.78 is 16.6. The minimum atomic E-state index is -0.347. The van der Waals surface area contributed by atoms with Crippen LogP contribution >= 0.6 is 0 Å². The fourth-order valence-electron chi connectivity index (χ4n) is 3.54. The number of carbonyl (C=O) groups is 2. The van der Waals surface area contributed by atoms with Gasteiger partial charge in [0.15, 0.2) is 0 Å². The van der Waals surface area contributed by atoms with Crippen molar-refractivity contribution < 1.29 is 23.8 Å². The second kappa shape index (κ2) is 12.1. The average Bonchev–Trinajstić information content (AvgIpc) is 3.05. The van der Waals surface area contributed by atoms with Crippen molar-refractivity contribution in [3.05, 3.63) is 59.8 Å². The highest BCUT2D eigenvalue weighted by atomic mass is 16.5. The minimum absolute atomic E-state index is 0.258. The molecule has 1 aliphatic heterocycles. The monoisotopic (exact) mass is 452 g/mol. The molecule has 0 aliphatic carbocycles. The van der Waals surface area contributed by atoms with E-state index in [9.17, 15) is 9.59 Å². The summed E-state index contributed by atoms with van der Waals surface area (Å²) in [4.78, 5) is 27.9. The summed E-state index contributed by atoms with van der Waals surface area (Å²) >= 11 is 0. The number of imide groups is 1. The van der Waals surface area contributed by atoms with E-state index < -0.39 is 0 Å². The Morgan fingerprint density at radius 2 is 1.64 bits per heavy atom. The van der Waals surface area contributed by atoms with Gasteiger partial charge >= 0.3 is 0 Å². The number of anilines is 1. The first-order valence-electron chi connectivity index (χ1n) is 11.5. The Morgan fingerprint density at radius 1 is 0.848 bits per heavy atom. The van der Waals surface area contributed by atoms with Gasteiger partial charge in [-0.3, -0.25) is 14.5 Å². The van der Waals surface area contributed by atoms with Crippen LogP contribution < -0.4 is 14.8 Å². The zero-order chi connectivity index (χ0) is 23.6. The van der Waals surface area contributed by atoms with E-state index in [0.29, 0.717) is 67.7 Å². The number of amides is 2. The Balaban J connectivity index is 1.91. The van der Waals surface area contributed by atoms with Crippen LogP contribution in [0.1, 0.15) is 39.2 Å². The van der Waals surface area contributed by atoms with Crippen LogP contribution in [-0.2, 0) is 14.3 Å². The van der Waals surface area contributed by atoms with Crippen molar-refractivity contribution in [3.8, 4) is 11.5 Å². The number of rotatable bonds is 13. The third-order valence-corrected chi connectivity index (χ3v) is 5.07. The van der Waals surface area contributed by atoms with E-state index >= 15 is 0 Å². The van der Waals surface area contributed by atoms with Gasteiger partial charge in [0.25, 0.3) is 11.8 Å². The number of nitrogens with one attached hydrogen (secondary N) is 1. The maximum Gasteiger partial charge on any atom is 0.278 e. The molecule has 0 atom stereocenters. The molecule has 2 amide bonds. The minimum Gasteiger partial charge on any atom is -0.494 e. The molecule has 7 nitrogen and oxygen atoms in total. The van der Waals surface area contributed by atoms with Crippen LogP contribution in [0.4, 0.5) is 5.69 Å². The molecule has 2 aromatic rings. The van der Waals surface area contributed by atoms with Crippen molar-refractivity contribution in [1.82, 2.24) is 4.90 Å². The maximum absolute atomic E-state index is 13.3. The van der Waals surface area contributed by atoms with Gasteiger partial charge in [0.05, 0.1) is 18.8 Å². The fraction of sp³-hybridized carbons (Fsp3) is 0.385. The number of nitrogens with zero attached hydrogens (tertiary/aromatic N) is 1. The molecule has 1 N–H and O–H groups in total. The van der Waals surface area contributed by atoms with Gasteiger partial charge in [-0.2, -0.15) is 0 Å². The molecular weight excluding hydrogens is 420 g/mol. The lowest BCUT2D eigenvalue weighted by Gasteiger charge is -2.15. The molecule has 0 aromatic heterocycles. The van der Waals surface area contributed by atoms with Gasteiger partial charge in [-0.05, 0) is 56.5 Å². The second-order valence-corrected chi connectivity index (χ2v) is 7.52. The van der Waals surface area contributed by atoms with Crippen LogP contribution in [-0.4, -0.2) is 49.7 Å². The van der Waals surface area contributed by atoms with Crippen LogP contribution in [0.25, 0.3) is 5.57 Å². The van der Waals surface area contributed by atoms with Gasteiger partial charge in [-0.1, -0.05) is 25.1 Å². The van der Waals surface area contributed by atoms with Crippen molar-refractivity contribution in [2.75, 3.05) is 38.3 Å². The maximum atomic E-state index is 13.3. The highest BCUT2D eigenvalue weighted by Crippen LogP contribution is 2.32. The van der Waals surface area contributed by atoms with Gasteiger partial charge in [-0.15, -0.1) is 0 Å². The lowest BCUT2D eigenvalue weighted by molar-refractivity contribution is -0.137. The number of benzene rings is 2. The Bertz CT molecular complexity index is 984. The normalized spacial score (nSPS) is 13.6. The lowest BCUT2D eigenvalue weighted by Crippen LogP contribution is -2.34. The summed E-state index contributed by atoms with van der Waals surface area (Å²) in [5, 5.41) is 3.18. The van der Waals surface area contributed by atoms with E-state index in [0.717, 1.165) is 6.42 Å². The van der Waals surface area contributed by atoms with Crippen molar-refractivity contribution >= 4 is 23.1 Å². The highest BCUT2D eigenvalue weighted by molar-refractivity contribution is 6.36.